The summed E-state index contributed by atoms with van der Waals surface area (Å²) in [5, 5.41) is 8.07. The highest BCUT2D eigenvalue weighted by molar-refractivity contribution is 5.85. The molecule has 52 valence electrons. The van der Waals surface area contributed by atoms with Gasteiger partial charge in [0.05, 0.1) is 6.61 Å². The zero-order chi connectivity index (χ0) is 7.28. The van der Waals surface area contributed by atoms with E-state index in [1.807, 2.05) is 0 Å². The maximum Gasteiger partial charge on any atom is 0.366 e. The Labute approximate surface area is 51.7 Å². The van der Waals surface area contributed by atoms with E-state index in [1.54, 1.807) is 0 Å². The van der Waals surface area contributed by atoms with Gasteiger partial charge in [-0.05, 0) is 0 Å². The van der Waals surface area contributed by atoms with E-state index in [4.69, 9.17) is 5.11 Å². The monoisotopic (exact) mass is 134 g/mol. The summed E-state index contributed by atoms with van der Waals surface area (Å²) in [6.07, 6.45) is 0. The molecular weight excluding hydrogens is 127 g/mol. The van der Waals surface area contributed by atoms with Crippen molar-refractivity contribution in [3.63, 3.8) is 0 Å². The van der Waals surface area contributed by atoms with E-state index in [1.165, 1.54) is 0 Å². The minimum Gasteiger partial charge on any atom is -0.458 e. The number of ether oxygens (including phenoxy) is 1. The number of carbonyl (C=O) groups is 1. The summed E-state index contributed by atoms with van der Waals surface area (Å²) in [5.74, 6) is -2.27. The summed E-state index contributed by atoms with van der Waals surface area (Å²) >= 11 is 0. The van der Waals surface area contributed by atoms with Crippen LogP contribution in [0.5, 0.6) is 0 Å². The molecule has 4 heteroatoms. The van der Waals surface area contributed by atoms with Crippen LogP contribution in [-0.4, -0.2) is 24.3 Å². The molecule has 0 fully saturated rings. The van der Waals surface area contributed by atoms with E-state index in [0.717, 1.165) is 0 Å². The SMILES string of the molecule is C=C(F)C(=O)OCCO. The second-order valence-corrected chi connectivity index (χ2v) is 1.26. The van der Waals surface area contributed by atoms with Gasteiger partial charge in [-0.3, -0.25) is 0 Å². The maximum atomic E-state index is 11.7. The van der Waals surface area contributed by atoms with E-state index in [-0.39, 0.29) is 13.2 Å². The molecule has 1 N–H and O–H groups in total. The van der Waals surface area contributed by atoms with Gasteiger partial charge in [-0.1, -0.05) is 6.58 Å². The molecule has 0 heterocycles. The average Bonchev–Trinajstić information content (AvgIpc) is 1.82. The number of carbonyl (C=O) groups excluding carboxylic acids is 1. The summed E-state index contributed by atoms with van der Waals surface area (Å²) in [7, 11) is 0. The Morgan fingerprint density at radius 1 is 1.78 bits per heavy atom. The molecule has 0 aliphatic carbocycles. The van der Waals surface area contributed by atoms with Gasteiger partial charge in [0.1, 0.15) is 6.61 Å². The molecule has 0 radical (unpaired) electrons. The molecule has 0 bridgehead atoms. The number of aliphatic hydroxyl groups excluding tert-OH is 1. The molecule has 9 heavy (non-hydrogen) atoms. The van der Waals surface area contributed by atoms with Gasteiger partial charge >= 0.3 is 5.97 Å². The van der Waals surface area contributed by atoms with Crippen molar-refractivity contribution in [2.45, 2.75) is 0 Å². The Morgan fingerprint density at radius 2 is 2.33 bits per heavy atom. The van der Waals surface area contributed by atoms with Gasteiger partial charge in [-0.15, -0.1) is 0 Å². The van der Waals surface area contributed by atoms with E-state index in [0.29, 0.717) is 0 Å². The molecule has 0 aliphatic rings. The van der Waals surface area contributed by atoms with Gasteiger partial charge in [-0.25, -0.2) is 4.79 Å². The van der Waals surface area contributed by atoms with Crippen molar-refractivity contribution >= 4 is 5.97 Å². The van der Waals surface area contributed by atoms with Crippen LogP contribution in [0.25, 0.3) is 0 Å². The van der Waals surface area contributed by atoms with Crippen molar-refractivity contribution in [2.75, 3.05) is 13.2 Å². The third-order valence-corrected chi connectivity index (χ3v) is 0.546. The quantitative estimate of drug-likeness (QED) is 0.436. The topological polar surface area (TPSA) is 46.5 Å². The van der Waals surface area contributed by atoms with E-state index < -0.39 is 11.8 Å². The third kappa shape index (κ3) is 3.66. The van der Waals surface area contributed by atoms with Crippen LogP contribution in [0.1, 0.15) is 0 Å². The fraction of sp³-hybridized carbons (Fsp3) is 0.400. The van der Waals surface area contributed by atoms with E-state index in [2.05, 4.69) is 11.3 Å². The second kappa shape index (κ2) is 4.03. The van der Waals surface area contributed by atoms with Crippen LogP contribution in [0.2, 0.25) is 0 Å². The molecule has 0 aliphatic heterocycles. The standard InChI is InChI=1S/C5H7FO3/c1-4(6)5(8)9-3-2-7/h7H,1-3H2. The van der Waals surface area contributed by atoms with Gasteiger partial charge in [0, 0.05) is 0 Å². The van der Waals surface area contributed by atoms with Crippen molar-refractivity contribution in [2.24, 2.45) is 0 Å². The zero-order valence-corrected chi connectivity index (χ0v) is 4.76. The molecule has 0 aromatic carbocycles. The molecular formula is C5H7FO3. The summed E-state index contributed by atoms with van der Waals surface area (Å²) < 4.78 is 15.8. The highest BCUT2D eigenvalue weighted by Gasteiger charge is 2.04. The number of rotatable bonds is 3. The van der Waals surface area contributed by atoms with E-state index in [9.17, 15) is 9.18 Å². The minimum absolute atomic E-state index is 0.193. The number of halogens is 1. The Morgan fingerprint density at radius 3 is 2.67 bits per heavy atom. The van der Waals surface area contributed by atoms with Crippen molar-refractivity contribution in [1.29, 1.82) is 0 Å². The van der Waals surface area contributed by atoms with Crippen LogP contribution >= 0.6 is 0 Å². The lowest BCUT2D eigenvalue weighted by Crippen LogP contribution is -2.07. The van der Waals surface area contributed by atoms with Crippen molar-refractivity contribution in [3.8, 4) is 0 Å². The van der Waals surface area contributed by atoms with Crippen LogP contribution < -0.4 is 0 Å². The molecule has 0 saturated heterocycles. The lowest BCUT2D eigenvalue weighted by molar-refractivity contribution is -0.141. The number of esters is 1. The van der Waals surface area contributed by atoms with Gasteiger partial charge < -0.3 is 9.84 Å². The van der Waals surface area contributed by atoms with Crippen LogP contribution in [0.3, 0.4) is 0 Å². The highest BCUT2D eigenvalue weighted by atomic mass is 19.1. The van der Waals surface area contributed by atoms with Gasteiger partial charge in [0.2, 0.25) is 5.83 Å². The molecule has 0 saturated carbocycles. The van der Waals surface area contributed by atoms with Crippen molar-refractivity contribution in [3.05, 3.63) is 12.4 Å². The number of aliphatic hydroxyl groups is 1. The first kappa shape index (κ1) is 8.10. The second-order valence-electron chi connectivity index (χ2n) is 1.26. The van der Waals surface area contributed by atoms with Gasteiger partial charge in [-0.2, -0.15) is 4.39 Å². The zero-order valence-electron chi connectivity index (χ0n) is 4.76. The Balaban J connectivity index is 3.39. The maximum absolute atomic E-state index is 11.7. The van der Waals surface area contributed by atoms with Crippen molar-refractivity contribution in [1.82, 2.24) is 0 Å². The lowest BCUT2D eigenvalue weighted by atomic mass is 10.6. The fourth-order valence-electron chi connectivity index (χ4n) is 0.217. The largest absolute Gasteiger partial charge is 0.458 e. The summed E-state index contributed by atoms with van der Waals surface area (Å²) in [6.45, 7) is 2.19. The van der Waals surface area contributed by atoms with Crippen LogP contribution in [0.15, 0.2) is 12.4 Å². The fourth-order valence-corrected chi connectivity index (χ4v) is 0.217. The number of hydrogen-bond donors (Lipinski definition) is 1. The molecule has 0 atom stereocenters. The lowest BCUT2D eigenvalue weighted by Gasteiger charge is -1.96. The summed E-state index contributed by atoms with van der Waals surface area (Å²) in [6, 6.07) is 0. The highest BCUT2D eigenvalue weighted by Crippen LogP contribution is 1.93. The van der Waals surface area contributed by atoms with Crippen LogP contribution in [0.4, 0.5) is 4.39 Å². The molecule has 0 rings (SSSR count). The Hall–Kier alpha value is -0.900. The third-order valence-electron chi connectivity index (χ3n) is 0.546. The molecule has 0 spiro atoms. The predicted octanol–water partition coefficient (Wildman–Crippen LogP) is 0.00510. The Bertz CT molecular complexity index is 121. The predicted molar refractivity (Wildman–Crippen MR) is 28.3 cm³/mol. The smallest absolute Gasteiger partial charge is 0.366 e. The average molecular weight is 134 g/mol. The molecule has 0 aromatic rings. The van der Waals surface area contributed by atoms with Gasteiger partial charge in [0.15, 0.2) is 0 Å². The van der Waals surface area contributed by atoms with Crippen LogP contribution in [0, 0.1) is 0 Å². The first-order chi connectivity index (χ1) is 4.18. The van der Waals surface area contributed by atoms with Crippen LogP contribution in [-0.2, 0) is 9.53 Å². The normalized spacial score (nSPS) is 8.67. The minimum atomic E-state index is -1.15. The van der Waals surface area contributed by atoms with Gasteiger partial charge in [0.25, 0.3) is 0 Å². The van der Waals surface area contributed by atoms with E-state index >= 15 is 0 Å². The molecule has 0 aromatic heterocycles. The Kier molecular flexibility index (Phi) is 3.62. The molecule has 3 nitrogen and oxygen atoms in total. The number of hydrogen-bond acceptors (Lipinski definition) is 3. The summed E-state index contributed by atoms with van der Waals surface area (Å²) in [5.41, 5.74) is 0. The molecule has 0 unspecified atom stereocenters. The first-order valence-electron chi connectivity index (χ1n) is 2.31. The van der Waals surface area contributed by atoms with Crippen molar-refractivity contribution < 1.29 is 19.0 Å². The summed E-state index contributed by atoms with van der Waals surface area (Å²) in [4.78, 5) is 10.1. The first-order valence-corrected chi connectivity index (χ1v) is 2.31. The molecule has 0 amide bonds.